The van der Waals surface area contributed by atoms with Crippen molar-refractivity contribution in [2.45, 2.75) is 6.42 Å². The summed E-state index contributed by atoms with van der Waals surface area (Å²) in [4.78, 5) is 0. The summed E-state index contributed by atoms with van der Waals surface area (Å²) < 4.78 is 5.13. The van der Waals surface area contributed by atoms with Gasteiger partial charge in [-0.15, -0.1) is 0 Å². The van der Waals surface area contributed by atoms with Crippen LogP contribution in [0.25, 0.3) is 0 Å². The quantitative estimate of drug-likeness (QED) is 0.547. The van der Waals surface area contributed by atoms with Crippen molar-refractivity contribution < 1.29 is 9.68 Å². The van der Waals surface area contributed by atoms with Crippen molar-refractivity contribution in [2.75, 3.05) is 26.0 Å². The van der Waals surface area contributed by atoms with E-state index in [-0.39, 0.29) is 0 Å². The Labute approximate surface area is 90.6 Å². The Morgan fingerprint density at radius 1 is 1.47 bits per heavy atom. The van der Waals surface area contributed by atoms with Crippen molar-refractivity contribution in [3.8, 4) is 0 Å². The fourth-order valence-electron chi connectivity index (χ4n) is 1.58. The molecule has 0 saturated heterocycles. The SMILES string of the molecule is CN.CNc1ccc2c(c1)B(O)OCC2. The van der Waals surface area contributed by atoms with Crippen LogP contribution in [0.1, 0.15) is 5.56 Å². The molecular weight excluding hydrogens is 191 g/mol. The van der Waals surface area contributed by atoms with Crippen LogP contribution in [0.4, 0.5) is 5.69 Å². The summed E-state index contributed by atoms with van der Waals surface area (Å²) in [6, 6.07) is 5.98. The summed E-state index contributed by atoms with van der Waals surface area (Å²) in [5.41, 5.74) is 7.57. The van der Waals surface area contributed by atoms with Crippen LogP contribution in [0.15, 0.2) is 18.2 Å². The monoisotopic (exact) mass is 208 g/mol. The Hall–Kier alpha value is -1.04. The third-order valence-corrected chi connectivity index (χ3v) is 2.35. The average molecular weight is 208 g/mol. The normalized spacial score (nSPS) is 13.7. The predicted octanol–water partition coefficient (Wildman–Crippen LogP) is -0.437. The Morgan fingerprint density at radius 2 is 2.20 bits per heavy atom. The maximum Gasteiger partial charge on any atom is 0.491 e. The van der Waals surface area contributed by atoms with E-state index in [1.54, 1.807) is 0 Å². The third kappa shape index (κ3) is 2.71. The number of anilines is 1. The molecule has 0 atom stereocenters. The molecule has 0 aliphatic carbocycles. The largest absolute Gasteiger partial charge is 0.491 e. The van der Waals surface area contributed by atoms with Crippen LogP contribution in [0.5, 0.6) is 0 Å². The Bertz CT molecular complexity index is 320. The summed E-state index contributed by atoms with van der Waals surface area (Å²) in [5.74, 6) is 0. The van der Waals surface area contributed by atoms with Gasteiger partial charge in [0.05, 0.1) is 0 Å². The Kier molecular flexibility index (Phi) is 4.61. The lowest BCUT2D eigenvalue weighted by molar-refractivity contribution is 0.266. The van der Waals surface area contributed by atoms with E-state index in [0.29, 0.717) is 6.61 Å². The molecule has 1 aromatic carbocycles. The smallest absolute Gasteiger partial charge is 0.423 e. The van der Waals surface area contributed by atoms with Crippen molar-refractivity contribution in [2.24, 2.45) is 5.73 Å². The molecule has 4 N–H and O–H groups in total. The molecular formula is C10H17BN2O2. The van der Waals surface area contributed by atoms with Crippen LogP contribution in [0.2, 0.25) is 0 Å². The number of fused-ring (bicyclic) bond motifs is 1. The number of nitrogens with one attached hydrogen (secondary N) is 1. The third-order valence-electron chi connectivity index (χ3n) is 2.35. The summed E-state index contributed by atoms with van der Waals surface area (Å²) in [5, 5.41) is 12.6. The second-order valence-corrected chi connectivity index (χ2v) is 3.14. The van der Waals surface area contributed by atoms with Gasteiger partial charge in [0, 0.05) is 19.3 Å². The summed E-state index contributed by atoms with van der Waals surface area (Å²) in [6.45, 7) is 0.604. The van der Waals surface area contributed by atoms with E-state index >= 15 is 0 Å². The average Bonchev–Trinajstić information content (AvgIpc) is 2.32. The van der Waals surface area contributed by atoms with Crippen LogP contribution in [-0.2, 0) is 11.1 Å². The molecule has 82 valence electrons. The first-order chi connectivity index (χ1) is 7.31. The molecule has 0 aromatic heterocycles. The minimum absolute atomic E-state index is 0.604. The Morgan fingerprint density at radius 3 is 2.87 bits per heavy atom. The zero-order valence-electron chi connectivity index (χ0n) is 9.16. The molecule has 0 unspecified atom stereocenters. The predicted molar refractivity (Wildman–Crippen MR) is 63.4 cm³/mol. The number of hydrogen-bond donors (Lipinski definition) is 3. The van der Waals surface area contributed by atoms with Gasteiger partial charge in [-0.2, -0.15) is 0 Å². The van der Waals surface area contributed by atoms with E-state index in [1.807, 2.05) is 25.2 Å². The minimum Gasteiger partial charge on any atom is -0.423 e. The van der Waals surface area contributed by atoms with E-state index in [4.69, 9.17) is 4.65 Å². The molecule has 2 rings (SSSR count). The lowest BCUT2D eigenvalue weighted by atomic mass is 9.73. The van der Waals surface area contributed by atoms with Gasteiger partial charge < -0.3 is 20.7 Å². The topological polar surface area (TPSA) is 67.5 Å². The lowest BCUT2D eigenvalue weighted by Crippen LogP contribution is -2.41. The van der Waals surface area contributed by atoms with Crippen LogP contribution in [0.3, 0.4) is 0 Å². The summed E-state index contributed by atoms with van der Waals surface area (Å²) in [7, 11) is 2.61. The number of benzene rings is 1. The molecule has 0 saturated carbocycles. The highest BCUT2D eigenvalue weighted by atomic mass is 16.5. The van der Waals surface area contributed by atoms with Crippen molar-refractivity contribution in [1.82, 2.24) is 0 Å². The van der Waals surface area contributed by atoms with Crippen molar-refractivity contribution in [3.05, 3.63) is 23.8 Å². The van der Waals surface area contributed by atoms with E-state index in [9.17, 15) is 5.02 Å². The van der Waals surface area contributed by atoms with E-state index in [1.165, 1.54) is 12.6 Å². The Balaban J connectivity index is 0.000000531. The van der Waals surface area contributed by atoms with Gasteiger partial charge >= 0.3 is 7.12 Å². The fourth-order valence-corrected chi connectivity index (χ4v) is 1.58. The van der Waals surface area contributed by atoms with E-state index < -0.39 is 7.12 Å². The number of hydrogen-bond acceptors (Lipinski definition) is 4. The maximum absolute atomic E-state index is 9.53. The van der Waals surface area contributed by atoms with Crippen LogP contribution >= 0.6 is 0 Å². The second kappa shape index (κ2) is 5.75. The fraction of sp³-hybridized carbons (Fsp3) is 0.400. The van der Waals surface area contributed by atoms with Gasteiger partial charge in [0.1, 0.15) is 0 Å². The molecule has 0 amide bonds. The van der Waals surface area contributed by atoms with Crippen LogP contribution < -0.4 is 16.5 Å². The standard InChI is InChI=1S/C9H12BNO2.CH5N/c1-11-8-3-2-7-4-5-13-10(12)9(7)6-8;1-2/h2-3,6,11-12H,4-5H2,1H3;2H2,1H3. The zero-order chi connectivity index (χ0) is 11.3. The zero-order valence-corrected chi connectivity index (χ0v) is 9.16. The summed E-state index contributed by atoms with van der Waals surface area (Å²) in [6.07, 6.45) is 0.885. The lowest BCUT2D eigenvalue weighted by Gasteiger charge is -2.19. The molecule has 1 aromatic rings. The number of nitrogens with two attached hydrogens (primary N) is 1. The van der Waals surface area contributed by atoms with Gasteiger partial charge in [0.25, 0.3) is 0 Å². The molecule has 0 radical (unpaired) electrons. The molecule has 1 heterocycles. The molecule has 0 fully saturated rings. The van der Waals surface area contributed by atoms with Crippen molar-refractivity contribution >= 4 is 18.3 Å². The molecule has 0 bridgehead atoms. The highest BCUT2D eigenvalue weighted by molar-refractivity contribution is 6.61. The molecule has 1 aliphatic rings. The van der Waals surface area contributed by atoms with Crippen LogP contribution in [0, 0.1) is 0 Å². The summed E-state index contributed by atoms with van der Waals surface area (Å²) >= 11 is 0. The van der Waals surface area contributed by atoms with Gasteiger partial charge in [-0.05, 0) is 36.6 Å². The maximum atomic E-state index is 9.53. The van der Waals surface area contributed by atoms with E-state index in [0.717, 1.165) is 17.6 Å². The molecule has 4 nitrogen and oxygen atoms in total. The highest BCUT2D eigenvalue weighted by Crippen LogP contribution is 2.11. The van der Waals surface area contributed by atoms with Gasteiger partial charge in [0.15, 0.2) is 0 Å². The molecule has 15 heavy (non-hydrogen) atoms. The van der Waals surface area contributed by atoms with Crippen molar-refractivity contribution in [3.63, 3.8) is 0 Å². The molecule has 5 heteroatoms. The first-order valence-electron chi connectivity index (χ1n) is 4.99. The van der Waals surface area contributed by atoms with Gasteiger partial charge in [-0.25, -0.2) is 0 Å². The first-order valence-corrected chi connectivity index (χ1v) is 4.99. The van der Waals surface area contributed by atoms with Gasteiger partial charge in [-0.1, -0.05) is 6.07 Å². The molecule has 0 spiro atoms. The van der Waals surface area contributed by atoms with Crippen molar-refractivity contribution in [1.29, 1.82) is 0 Å². The number of rotatable bonds is 1. The minimum atomic E-state index is -0.753. The first kappa shape index (κ1) is 12.0. The van der Waals surface area contributed by atoms with E-state index in [2.05, 4.69) is 11.1 Å². The van der Waals surface area contributed by atoms with Crippen LogP contribution in [-0.4, -0.2) is 32.8 Å². The van der Waals surface area contributed by atoms with Gasteiger partial charge in [-0.3, -0.25) is 0 Å². The van der Waals surface area contributed by atoms with Gasteiger partial charge in [0.2, 0.25) is 0 Å². The highest BCUT2D eigenvalue weighted by Gasteiger charge is 2.24. The molecule has 1 aliphatic heterocycles. The second-order valence-electron chi connectivity index (χ2n) is 3.14.